The molecule has 0 aliphatic carbocycles. The van der Waals surface area contributed by atoms with Gasteiger partial charge in [-0.05, 0) is 66.8 Å². The lowest BCUT2D eigenvalue weighted by Crippen LogP contribution is -2.48. The average Bonchev–Trinajstić information content (AvgIpc) is 3.35. The Morgan fingerprint density at radius 2 is 1.82 bits per heavy atom. The molecule has 3 aromatic rings. The molecule has 4 rings (SSSR count). The number of piperazine rings is 1. The van der Waals surface area contributed by atoms with Crippen molar-refractivity contribution in [2.24, 2.45) is 0 Å². The zero-order valence-electron chi connectivity index (χ0n) is 18.6. The standard InChI is InChI=1S/C25H26ClN3O3S/c1-17-5-7-20(14-18(17)2)32-16-24(30)27-19-6-8-22(21(26)15-19)28-9-11-29(12-10-28)25(31)23-4-3-13-33-23/h3-8,13-15H,9-12,16H2,1-2H3,(H,27,30). The van der Waals surface area contributed by atoms with Crippen LogP contribution in [0.1, 0.15) is 20.8 Å². The fraction of sp³-hybridized carbons (Fsp3) is 0.280. The van der Waals surface area contributed by atoms with Crippen LogP contribution in [0, 0.1) is 13.8 Å². The van der Waals surface area contributed by atoms with E-state index in [2.05, 4.69) is 10.2 Å². The first kappa shape index (κ1) is 23.1. The number of carbonyl (C=O) groups is 2. The van der Waals surface area contributed by atoms with E-state index in [9.17, 15) is 9.59 Å². The van der Waals surface area contributed by atoms with E-state index in [0.717, 1.165) is 16.1 Å². The fourth-order valence-electron chi connectivity index (χ4n) is 3.70. The molecule has 0 radical (unpaired) electrons. The summed E-state index contributed by atoms with van der Waals surface area (Å²) in [6.45, 7) is 6.64. The third kappa shape index (κ3) is 5.67. The van der Waals surface area contributed by atoms with E-state index < -0.39 is 0 Å². The van der Waals surface area contributed by atoms with Crippen molar-refractivity contribution in [1.29, 1.82) is 0 Å². The van der Waals surface area contributed by atoms with Gasteiger partial charge in [-0.25, -0.2) is 0 Å². The molecule has 2 amide bonds. The van der Waals surface area contributed by atoms with Gasteiger partial charge in [-0.2, -0.15) is 0 Å². The second-order valence-electron chi connectivity index (χ2n) is 8.01. The molecular formula is C25H26ClN3O3S. The Morgan fingerprint density at radius 3 is 2.48 bits per heavy atom. The predicted octanol–water partition coefficient (Wildman–Crippen LogP) is 5.00. The van der Waals surface area contributed by atoms with Crippen LogP contribution in [0.2, 0.25) is 5.02 Å². The van der Waals surface area contributed by atoms with E-state index in [4.69, 9.17) is 16.3 Å². The van der Waals surface area contributed by atoms with Crippen molar-refractivity contribution in [1.82, 2.24) is 4.90 Å². The summed E-state index contributed by atoms with van der Waals surface area (Å²) in [4.78, 5) is 29.6. The number of halogens is 1. The van der Waals surface area contributed by atoms with Gasteiger partial charge in [0.05, 0.1) is 15.6 Å². The van der Waals surface area contributed by atoms with Crippen molar-refractivity contribution >= 4 is 46.1 Å². The minimum atomic E-state index is -0.252. The molecule has 2 heterocycles. The number of ether oxygens (including phenoxy) is 1. The molecule has 0 atom stereocenters. The Hall–Kier alpha value is -3.03. The quantitative estimate of drug-likeness (QED) is 0.536. The summed E-state index contributed by atoms with van der Waals surface area (Å²) in [7, 11) is 0. The molecule has 33 heavy (non-hydrogen) atoms. The molecule has 1 N–H and O–H groups in total. The lowest BCUT2D eigenvalue weighted by Gasteiger charge is -2.36. The highest BCUT2D eigenvalue weighted by molar-refractivity contribution is 7.12. The molecule has 0 spiro atoms. The molecule has 8 heteroatoms. The van der Waals surface area contributed by atoms with Crippen LogP contribution in [0.5, 0.6) is 5.75 Å². The summed E-state index contributed by atoms with van der Waals surface area (Å²) in [6.07, 6.45) is 0. The number of nitrogens with one attached hydrogen (secondary N) is 1. The monoisotopic (exact) mass is 483 g/mol. The van der Waals surface area contributed by atoms with Gasteiger partial charge in [0.1, 0.15) is 5.75 Å². The number of carbonyl (C=O) groups excluding carboxylic acids is 2. The molecule has 1 aliphatic rings. The van der Waals surface area contributed by atoms with Crippen LogP contribution in [-0.2, 0) is 4.79 Å². The first-order valence-corrected chi connectivity index (χ1v) is 12.0. The molecule has 1 aliphatic heterocycles. The number of hydrogen-bond donors (Lipinski definition) is 1. The average molecular weight is 484 g/mol. The largest absolute Gasteiger partial charge is 0.484 e. The second-order valence-corrected chi connectivity index (χ2v) is 9.36. The van der Waals surface area contributed by atoms with Crippen LogP contribution in [0.25, 0.3) is 0 Å². The Kier molecular flexibility index (Phi) is 7.20. The number of rotatable bonds is 6. The lowest BCUT2D eigenvalue weighted by molar-refractivity contribution is -0.118. The third-order valence-electron chi connectivity index (χ3n) is 5.72. The molecule has 1 saturated heterocycles. The van der Waals surface area contributed by atoms with Crippen molar-refractivity contribution in [3.63, 3.8) is 0 Å². The van der Waals surface area contributed by atoms with Crippen molar-refractivity contribution in [2.45, 2.75) is 13.8 Å². The minimum absolute atomic E-state index is 0.0804. The van der Waals surface area contributed by atoms with Gasteiger partial charge in [-0.1, -0.05) is 23.7 Å². The number of thiophene rings is 1. The van der Waals surface area contributed by atoms with Gasteiger partial charge in [0, 0.05) is 31.9 Å². The second kappa shape index (κ2) is 10.3. The molecular weight excluding hydrogens is 458 g/mol. The maximum atomic E-state index is 12.5. The summed E-state index contributed by atoms with van der Waals surface area (Å²) < 4.78 is 5.60. The first-order chi connectivity index (χ1) is 15.9. The van der Waals surface area contributed by atoms with Gasteiger partial charge in [0.15, 0.2) is 6.61 Å². The minimum Gasteiger partial charge on any atom is -0.484 e. The maximum Gasteiger partial charge on any atom is 0.264 e. The Morgan fingerprint density at radius 1 is 1.03 bits per heavy atom. The van der Waals surface area contributed by atoms with Crippen LogP contribution in [0.3, 0.4) is 0 Å². The van der Waals surface area contributed by atoms with Gasteiger partial charge in [-0.3, -0.25) is 9.59 Å². The topological polar surface area (TPSA) is 61.9 Å². The van der Waals surface area contributed by atoms with E-state index >= 15 is 0 Å². The van der Waals surface area contributed by atoms with Crippen LogP contribution < -0.4 is 15.0 Å². The van der Waals surface area contributed by atoms with E-state index in [-0.39, 0.29) is 18.4 Å². The summed E-state index contributed by atoms with van der Waals surface area (Å²) in [5.74, 6) is 0.493. The summed E-state index contributed by atoms with van der Waals surface area (Å²) in [5.41, 5.74) is 3.80. The highest BCUT2D eigenvalue weighted by atomic mass is 35.5. The van der Waals surface area contributed by atoms with E-state index in [1.54, 1.807) is 6.07 Å². The van der Waals surface area contributed by atoms with Crippen molar-refractivity contribution < 1.29 is 14.3 Å². The summed E-state index contributed by atoms with van der Waals surface area (Å²) >= 11 is 7.99. The van der Waals surface area contributed by atoms with E-state index in [1.165, 1.54) is 16.9 Å². The number of anilines is 2. The number of benzene rings is 2. The number of hydrogen-bond acceptors (Lipinski definition) is 5. The van der Waals surface area contributed by atoms with E-state index in [1.807, 2.05) is 66.6 Å². The normalized spacial score (nSPS) is 13.7. The van der Waals surface area contributed by atoms with Gasteiger partial charge < -0.3 is 19.9 Å². The third-order valence-corrected chi connectivity index (χ3v) is 6.88. The highest BCUT2D eigenvalue weighted by Crippen LogP contribution is 2.30. The van der Waals surface area contributed by atoms with Crippen LogP contribution in [0.4, 0.5) is 11.4 Å². The van der Waals surface area contributed by atoms with Crippen LogP contribution >= 0.6 is 22.9 Å². The molecule has 1 fully saturated rings. The van der Waals surface area contributed by atoms with Crippen molar-refractivity contribution in [3.8, 4) is 5.75 Å². The molecule has 1 aromatic heterocycles. The summed E-state index contributed by atoms with van der Waals surface area (Å²) in [5, 5.41) is 5.30. The van der Waals surface area contributed by atoms with Gasteiger partial charge in [-0.15, -0.1) is 11.3 Å². The molecule has 2 aromatic carbocycles. The molecule has 0 bridgehead atoms. The Balaban J connectivity index is 1.30. The summed E-state index contributed by atoms with van der Waals surface area (Å²) in [6, 6.07) is 15.0. The maximum absolute atomic E-state index is 12.5. The molecule has 0 saturated carbocycles. The van der Waals surface area contributed by atoms with Crippen LogP contribution in [-0.4, -0.2) is 49.5 Å². The fourth-order valence-corrected chi connectivity index (χ4v) is 4.69. The number of amides is 2. The Labute approximate surface area is 202 Å². The van der Waals surface area contributed by atoms with Gasteiger partial charge >= 0.3 is 0 Å². The zero-order chi connectivity index (χ0) is 23.4. The van der Waals surface area contributed by atoms with Gasteiger partial charge in [0.2, 0.25) is 0 Å². The SMILES string of the molecule is Cc1ccc(OCC(=O)Nc2ccc(N3CCN(C(=O)c4cccs4)CC3)c(Cl)c2)cc1C. The molecule has 172 valence electrons. The molecule has 6 nitrogen and oxygen atoms in total. The first-order valence-electron chi connectivity index (χ1n) is 10.8. The number of aryl methyl sites for hydroxylation is 2. The zero-order valence-corrected chi connectivity index (χ0v) is 20.2. The predicted molar refractivity (Wildman–Crippen MR) is 134 cm³/mol. The van der Waals surface area contributed by atoms with Crippen molar-refractivity contribution in [3.05, 3.63) is 74.9 Å². The smallest absolute Gasteiger partial charge is 0.264 e. The van der Waals surface area contributed by atoms with Gasteiger partial charge in [0.25, 0.3) is 11.8 Å². The lowest BCUT2D eigenvalue weighted by atomic mass is 10.1. The number of nitrogens with zero attached hydrogens (tertiary/aromatic N) is 2. The Bertz CT molecular complexity index is 1140. The van der Waals surface area contributed by atoms with Crippen molar-refractivity contribution in [2.75, 3.05) is 43.0 Å². The van der Waals surface area contributed by atoms with Crippen LogP contribution in [0.15, 0.2) is 53.9 Å². The highest BCUT2D eigenvalue weighted by Gasteiger charge is 2.24. The molecule has 0 unspecified atom stereocenters. The van der Waals surface area contributed by atoms with E-state index in [0.29, 0.717) is 42.6 Å².